The Labute approximate surface area is 121 Å². The number of ether oxygens (including phenoxy) is 1. The highest BCUT2D eigenvalue weighted by atomic mass is 16.5. The zero-order valence-electron chi connectivity index (χ0n) is 12.8. The maximum absolute atomic E-state index is 6.20. The van der Waals surface area contributed by atoms with Gasteiger partial charge in [0.25, 0.3) is 0 Å². The van der Waals surface area contributed by atoms with Crippen LogP contribution in [0, 0.1) is 0 Å². The molecule has 1 heterocycles. The van der Waals surface area contributed by atoms with E-state index < -0.39 is 0 Å². The van der Waals surface area contributed by atoms with Crippen molar-refractivity contribution in [1.29, 1.82) is 0 Å². The molecule has 1 aromatic rings. The molecular formula is C15H28N4O. The fraction of sp³-hybridized carbons (Fsp3) is 0.800. The van der Waals surface area contributed by atoms with Crippen molar-refractivity contribution in [3.63, 3.8) is 0 Å². The van der Waals surface area contributed by atoms with Gasteiger partial charge in [0, 0.05) is 19.3 Å². The highest BCUT2D eigenvalue weighted by Crippen LogP contribution is 2.41. The Morgan fingerprint density at radius 1 is 1.40 bits per heavy atom. The Morgan fingerprint density at radius 2 is 2.15 bits per heavy atom. The molecule has 0 bridgehead atoms. The Bertz CT molecular complexity index is 393. The zero-order valence-corrected chi connectivity index (χ0v) is 12.8. The maximum atomic E-state index is 6.20. The van der Waals surface area contributed by atoms with Gasteiger partial charge in [-0.2, -0.15) is 5.10 Å². The molecule has 1 aliphatic rings. The van der Waals surface area contributed by atoms with Gasteiger partial charge in [0.2, 0.25) is 0 Å². The van der Waals surface area contributed by atoms with Crippen molar-refractivity contribution < 1.29 is 4.74 Å². The lowest BCUT2D eigenvalue weighted by Crippen LogP contribution is -2.50. The highest BCUT2D eigenvalue weighted by molar-refractivity contribution is 5.14. The molecule has 0 saturated heterocycles. The van der Waals surface area contributed by atoms with E-state index in [9.17, 15) is 0 Å². The third kappa shape index (κ3) is 3.05. The molecule has 0 aromatic carbocycles. The van der Waals surface area contributed by atoms with Crippen LogP contribution in [0.2, 0.25) is 0 Å². The molecule has 0 spiro atoms. The third-order valence-electron chi connectivity index (χ3n) is 4.31. The summed E-state index contributed by atoms with van der Waals surface area (Å²) < 4.78 is 8.25. The van der Waals surface area contributed by atoms with E-state index in [-0.39, 0.29) is 11.6 Å². The fourth-order valence-corrected chi connectivity index (χ4v) is 3.45. The van der Waals surface area contributed by atoms with Crippen molar-refractivity contribution in [2.24, 2.45) is 5.84 Å². The summed E-state index contributed by atoms with van der Waals surface area (Å²) in [7, 11) is 0. The molecular weight excluding hydrogens is 252 g/mol. The largest absolute Gasteiger partial charge is 0.373 e. The van der Waals surface area contributed by atoms with Gasteiger partial charge in [0.1, 0.15) is 0 Å². The first kappa shape index (κ1) is 15.5. The van der Waals surface area contributed by atoms with Crippen LogP contribution in [0.25, 0.3) is 0 Å². The molecule has 1 saturated carbocycles. The number of nitrogens with one attached hydrogen (secondary N) is 1. The minimum absolute atomic E-state index is 0.0109. The summed E-state index contributed by atoms with van der Waals surface area (Å²) in [5.74, 6) is 5.90. The third-order valence-corrected chi connectivity index (χ3v) is 4.31. The number of hydrazine groups is 1. The minimum atomic E-state index is -0.187. The molecule has 20 heavy (non-hydrogen) atoms. The van der Waals surface area contributed by atoms with Crippen LogP contribution in [0.3, 0.4) is 0 Å². The number of nitrogens with zero attached hydrogens (tertiary/aromatic N) is 2. The molecule has 0 radical (unpaired) electrons. The second-order valence-electron chi connectivity index (χ2n) is 5.64. The predicted octanol–water partition coefficient (Wildman–Crippen LogP) is 2.54. The summed E-state index contributed by atoms with van der Waals surface area (Å²) in [6.45, 7) is 5.87. The normalized spacial score (nSPS) is 19.9. The summed E-state index contributed by atoms with van der Waals surface area (Å²) in [6.07, 6.45) is 8.76. The van der Waals surface area contributed by atoms with Crippen LogP contribution in [0.4, 0.5) is 0 Å². The lowest BCUT2D eigenvalue weighted by molar-refractivity contribution is -0.0930. The molecule has 3 N–H and O–H groups in total. The van der Waals surface area contributed by atoms with Crippen LogP contribution >= 0.6 is 0 Å². The molecule has 1 unspecified atom stereocenters. The van der Waals surface area contributed by atoms with Gasteiger partial charge < -0.3 is 4.74 Å². The van der Waals surface area contributed by atoms with E-state index in [1.54, 1.807) is 0 Å². The van der Waals surface area contributed by atoms with Crippen molar-refractivity contribution in [2.45, 2.75) is 70.6 Å². The van der Waals surface area contributed by atoms with E-state index in [1.165, 1.54) is 19.3 Å². The Balaban J connectivity index is 2.29. The molecule has 5 heteroatoms. The predicted molar refractivity (Wildman–Crippen MR) is 80.0 cm³/mol. The maximum Gasteiger partial charge on any atom is 0.0918 e. The van der Waals surface area contributed by atoms with Gasteiger partial charge in [-0.1, -0.05) is 26.2 Å². The van der Waals surface area contributed by atoms with Crippen LogP contribution in [0.1, 0.15) is 64.1 Å². The number of aryl methyl sites for hydroxylation is 1. The summed E-state index contributed by atoms with van der Waals surface area (Å²) in [5, 5.41) is 4.43. The summed E-state index contributed by atoms with van der Waals surface area (Å²) in [5.41, 5.74) is 3.97. The molecule has 114 valence electrons. The average molecular weight is 280 g/mol. The zero-order chi connectivity index (χ0) is 14.4. The van der Waals surface area contributed by atoms with Crippen LogP contribution in [0.15, 0.2) is 12.3 Å². The molecule has 2 rings (SSSR count). The van der Waals surface area contributed by atoms with Gasteiger partial charge in [0.15, 0.2) is 0 Å². The first-order valence-corrected chi connectivity index (χ1v) is 7.89. The van der Waals surface area contributed by atoms with Crippen molar-refractivity contribution in [2.75, 3.05) is 6.61 Å². The molecule has 1 aromatic heterocycles. The van der Waals surface area contributed by atoms with Crippen LogP contribution in [0.5, 0.6) is 0 Å². The smallest absolute Gasteiger partial charge is 0.0918 e. The molecule has 0 amide bonds. The average Bonchev–Trinajstić information content (AvgIpc) is 2.90. The minimum Gasteiger partial charge on any atom is -0.373 e. The van der Waals surface area contributed by atoms with E-state index in [1.807, 2.05) is 6.20 Å². The molecule has 1 atom stereocenters. The Morgan fingerprint density at radius 3 is 2.75 bits per heavy atom. The first-order valence-electron chi connectivity index (χ1n) is 7.89. The molecule has 1 aliphatic carbocycles. The SMILES string of the molecule is CCCn1nccc1C(NN)C1(OCC)CCCCC1. The lowest BCUT2D eigenvalue weighted by Gasteiger charge is -2.43. The fourth-order valence-electron chi connectivity index (χ4n) is 3.45. The summed E-state index contributed by atoms with van der Waals surface area (Å²) in [6, 6.07) is 2.08. The lowest BCUT2D eigenvalue weighted by atomic mass is 9.78. The highest BCUT2D eigenvalue weighted by Gasteiger charge is 2.42. The summed E-state index contributed by atoms with van der Waals surface area (Å²) in [4.78, 5) is 0. The topological polar surface area (TPSA) is 65.1 Å². The van der Waals surface area contributed by atoms with Gasteiger partial charge >= 0.3 is 0 Å². The number of nitrogens with two attached hydrogens (primary N) is 1. The number of aromatic nitrogens is 2. The second kappa shape index (κ2) is 7.20. The van der Waals surface area contributed by atoms with Gasteiger partial charge in [-0.05, 0) is 32.3 Å². The van der Waals surface area contributed by atoms with Gasteiger partial charge in [-0.15, -0.1) is 0 Å². The monoisotopic (exact) mass is 280 g/mol. The Hall–Kier alpha value is -0.910. The van der Waals surface area contributed by atoms with Crippen LogP contribution < -0.4 is 11.3 Å². The number of rotatable bonds is 7. The van der Waals surface area contributed by atoms with E-state index >= 15 is 0 Å². The van der Waals surface area contributed by atoms with E-state index in [0.29, 0.717) is 0 Å². The molecule has 0 aliphatic heterocycles. The van der Waals surface area contributed by atoms with Gasteiger partial charge in [0.05, 0.1) is 17.3 Å². The molecule has 1 fully saturated rings. The molecule has 5 nitrogen and oxygen atoms in total. The van der Waals surface area contributed by atoms with E-state index in [2.05, 4.69) is 35.1 Å². The van der Waals surface area contributed by atoms with Crippen molar-refractivity contribution in [3.8, 4) is 0 Å². The van der Waals surface area contributed by atoms with E-state index in [0.717, 1.165) is 38.1 Å². The van der Waals surface area contributed by atoms with Crippen molar-refractivity contribution >= 4 is 0 Å². The van der Waals surface area contributed by atoms with E-state index in [4.69, 9.17) is 10.6 Å². The van der Waals surface area contributed by atoms with Gasteiger partial charge in [-0.3, -0.25) is 10.5 Å². The standard InChI is InChI=1S/C15H28N4O/c1-3-12-19-13(8-11-17-19)14(18-16)15(20-4-2)9-6-5-7-10-15/h8,11,14,18H,3-7,9-10,12,16H2,1-2H3. The van der Waals surface area contributed by atoms with Crippen molar-refractivity contribution in [3.05, 3.63) is 18.0 Å². The first-order chi connectivity index (χ1) is 9.77. The quantitative estimate of drug-likeness (QED) is 0.595. The second-order valence-corrected chi connectivity index (χ2v) is 5.64. The summed E-state index contributed by atoms with van der Waals surface area (Å²) >= 11 is 0. The number of hydrogen-bond acceptors (Lipinski definition) is 4. The van der Waals surface area contributed by atoms with Crippen LogP contribution in [-0.4, -0.2) is 22.0 Å². The van der Waals surface area contributed by atoms with Crippen molar-refractivity contribution in [1.82, 2.24) is 15.2 Å². The number of hydrogen-bond donors (Lipinski definition) is 2. The van der Waals surface area contributed by atoms with Crippen LogP contribution in [-0.2, 0) is 11.3 Å². The Kier molecular flexibility index (Phi) is 5.57. The van der Waals surface area contributed by atoms with Gasteiger partial charge in [-0.25, -0.2) is 5.43 Å².